The second-order valence-corrected chi connectivity index (χ2v) is 7.95. The number of aromatic nitrogens is 2. The van der Waals surface area contributed by atoms with E-state index in [1.807, 2.05) is 0 Å². The lowest BCUT2D eigenvalue weighted by Gasteiger charge is -2.21. The summed E-state index contributed by atoms with van der Waals surface area (Å²) in [6.07, 6.45) is 0.447. The quantitative estimate of drug-likeness (QED) is 0.653. The molecule has 1 saturated carbocycles. The van der Waals surface area contributed by atoms with Crippen molar-refractivity contribution in [1.82, 2.24) is 9.55 Å². The summed E-state index contributed by atoms with van der Waals surface area (Å²) < 4.78 is 29.7. The fourth-order valence-corrected chi connectivity index (χ4v) is 4.29. The number of nitrogens with zero attached hydrogens (tertiary/aromatic N) is 1. The van der Waals surface area contributed by atoms with Gasteiger partial charge in [-0.1, -0.05) is 0 Å². The highest BCUT2D eigenvalue weighted by atomic mass is 31.2. The number of aryl methyl sites for hydroxylation is 1. The second-order valence-electron chi connectivity index (χ2n) is 5.95. The van der Waals surface area contributed by atoms with Crippen LogP contribution in [0.1, 0.15) is 38.3 Å². The molecule has 1 aromatic heterocycles. The molecule has 1 aliphatic carbocycles. The predicted octanol–water partition coefficient (Wildman–Crippen LogP) is 1.15. The Hall–Kier alpha value is -1.25. The molecule has 0 radical (unpaired) electrons. The number of H-pyrrole nitrogens is 1. The summed E-state index contributed by atoms with van der Waals surface area (Å²) >= 11 is 0. The molecule has 1 aromatic rings. The van der Waals surface area contributed by atoms with Crippen LogP contribution in [0, 0.1) is 6.92 Å². The Balaban J connectivity index is 2.06. The number of rotatable bonds is 8. The van der Waals surface area contributed by atoms with Crippen LogP contribution in [0.25, 0.3) is 0 Å². The van der Waals surface area contributed by atoms with Crippen LogP contribution in [0.2, 0.25) is 0 Å². The summed E-state index contributed by atoms with van der Waals surface area (Å²) in [6.45, 7) is 5.47. The molecule has 9 nitrogen and oxygen atoms in total. The van der Waals surface area contributed by atoms with Crippen LogP contribution in [0.3, 0.4) is 0 Å². The first-order chi connectivity index (χ1) is 11.8. The molecule has 1 aliphatic rings. The molecule has 142 valence electrons. The van der Waals surface area contributed by atoms with Crippen LogP contribution in [0.4, 0.5) is 0 Å². The van der Waals surface area contributed by atoms with Gasteiger partial charge < -0.3 is 18.9 Å². The van der Waals surface area contributed by atoms with Crippen molar-refractivity contribution >= 4 is 7.60 Å². The molecule has 2 rings (SSSR count). The van der Waals surface area contributed by atoms with E-state index >= 15 is 0 Å². The lowest BCUT2D eigenvalue weighted by molar-refractivity contribution is -0.00713. The molecule has 0 saturated heterocycles. The molecule has 0 spiro atoms. The Kier molecular flexibility index (Phi) is 6.76. The second kappa shape index (κ2) is 8.42. The highest BCUT2D eigenvalue weighted by Gasteiger charge is 2.37. The third kappa shape index (κ3) is 4.89. The van der Waals surface area contributed by atoms with E-state index in [0.29, 0.717) is 18.4 Å². The maximum Gasteiger partial charge on any atom is 0.356 e. The van der Waals surface area contributed by atoms with Crippen molar-refractivity contribution in [1.29, 1.82) is 0 Å². The summed E-state index contributed by atoms with van der Waals surface area (Å²) in [7, 11) is -3.36. The SMILES string of the molecule is CCOP(=O)(CO[C@H]1C[C@@H](n2cc(C)c(=O)[nH]c2=O)C[C@@H]1O)OCC. The van der Waals surface area contributed by atoms with Crippen LogP contribution < -0.4 is 11.2 Å². The Morgan fingerprint density at radius 1 is 1.28 bits per heavy atom. The number of ether oxygens (including phenoxy) is 1. The van der Waals surface area contributed by atoms with Gasteiger partial charge >= 0.3 is 13.3 Å². The third-order valence-corrected chi connectivity index (χ3v) is 5.85. The van der Waals surface area contributed by atoms with Crippen molar-refractivity contribution in [3.8, 4) is 0 Å². The van der Waals surface area contributed by atoms with Gasteiger partial charge in [-0.15, -0.1) is 0 Å². The minimum Gasteiger partial charge on any atom is -0.390 e. The Bertz CT molecular complexity index is 734. The average molecular weight is 376 g/mol. The van der Waals surface area contributed by atoms with Crippen molar-refractivity contribution in [2.45, 2.75) is 51.9 Å². The number of aliphatic hydroxyl groups is 1. The van der Waals surface area contributed by atoms with E-state index in [0.717, 1.165) is 0 Å². The molecule has 0 bridgehead atoms. The minimum absolute atomic E-state index is 0.225. The summed E-state index contributed by atoms with van der Waals surface area (Å²) in [6, 6.07) is -0.318. The molecule has 1 heterocycles. The van der Waals surface area contributed by atoms with Gasteiger partial charge in [-0.25, -0.2) is 4.79 Å². The van der Waals surface area contributed by atoms with Gasteiger partial charge in [0.2, 0.25) is 0 Å². The number of hydrogen-bond acceptors (Lipinski definition) is 7. The largest absolute Gasteiger partial charge is 0.390 e. The molecule has 0 aliphatic heterocycles. The summed E-state index contributed by atoms with van der Waals surface area (Å²) in [4.78, 5) is 25.7. The molecule has 2 N–H and O–H groups in total. The Morgan fingerprint density at radius 2 is 1.92 bits per heavy atom. The van der Waals surface area contributed by atoms with Gasteiger partial charge in [-0.2, -0.15) is 0 Å². The fraction of sp³-hybridized carbons (Fsp3) is 0.733. The Morgan fingerprint density at radius 3 is 2.52 bits per heavy atom. The predicted molar refractivity (Wildman–Crippen MR) is 90.9 cm³/mol. The maximum atomic E-state index is 12.4. The van der Waals surface area contributed by atoms with E-state index in [-0.39, 0.29) is 25.6 Å². The zero-order valence-electron chi connectivity index (χ0n) is 14.6. The molecule has 25 heavy (non-hydrogen) atoms. The first-order valence-electron chi connectivity index (χ1n) is 8.29. The van der Waals surface area contributed by atoms with Gasteiger partial charge in [0.1, 0.15) is 6.35 Å². The number of aromatic amines is 1. The van der Waals surface area contributed by atoms with E-state index < -0.39 is 31.1 Å². The normalized spacial score (nSPS) is 23.9. The van der Waals surface area contributed by atoms with E-state index in [9.17, 15) is 19.3 Å². The fourth-order valence-electron chi connectivity index (χ4n) is 2.91. The number of nitrogens with one attached hydrogen (secondary N) is 1. The lowest BCUT2D eigenvalue weighted by Crippen LogP contribution is -2.32. The van der Waals surface area contributed by atoms with Crippen LogP contribution in [0.5, 0.6) is 0 Å². The van der Waals surface area contributed by atoms with Crippen molar-refractivity contribution in [2.24, 2.45) is 0 Å². The Labute approximate surface area is 145 Å². The van der Waals surface area contributed by atoms with E-state index in [1.165, 1.54) is 10.8 Å². The molecule has 0 amide bonds. The third-order valence-electron chi connectivity index (χ3n) is 4.08. The molecule has 3 atom stereocenters. The summed E-state index contributed by atoms with van der Waals surface area (Å²) in [5.41, 5.74) is -0.541. The first kappa shape index (κ1) is 20.1. The van der Waals surface area contributed by atoms with Gasteiger partial charge in [0.15, 0.2) is 0 Å². The standard InChI is InChI=1S/C15H25N2O7P/c1-4-23-25(21,24-5-2)9-22-13-7-11(6-12(13)18)17-8-10(3)14(19)16-15(17)20/h8,11-13,18H,4-7,9H2,1-3H3,(H,16,19,20)/t11-,12-,13-/m0/s1. The van der Waals surface area contributed by atoms with Gasteiger partial charge in [0.05, 0.1) is 25.4 Å². The van der Waals surface area contributed by atoms with E-state index in [4.69, 9.17) is 13.8 Å². The van der Waals surface area contributed by atoms with Gasteiger partial charge in [0, 0.05) is 17.8 Å². The van der Waals surface area contributed by atoms with Gasteiger partial charge in [0.25, 0.3) is 5.56 Å². The van der Waals surface area contributed by atoms with Crippen molar-refractivity contribution in [2.75, 3.05) is 19.6 Å². The monoisotopic (exact) mass is 376 g/mol. The molecule has 0 unspecified atom stereocenters. The molecular weight excluding hydrogens is 351 g/mol. The number of aliphatic hydroxyl groups excluding tert-OH is 1. The molecular formula is C15H25N2O7P. The van der Waals surface area contributed by atoms with Gasteiger partial charge in [-0.05, 0) is 33.6 Å². The molecule has 10 heteroatoms. The summed E-state index contributed by atoms with van der Waals surface area (Å²) in [5, 5.41) is 10.2. The smallest absolute Gasteiger partial charge is 0.356 e. The van der Waals surface area contributed by atoms with Gasteiger partial charge in [-0.3, -0.25) is 18.9 Å². The van der Waals surface area contributed by atoms with Crippen LogP contribution in [0.15, 0.2) is 15.8 Å². The van der Waals surface area contributed by atoms with E-state index in [2.05, 4.69) is 4.98 Å². The average Bonchev–Trinajstić information content (AvgIpc) is 2.90. The molecule has 0 aromatic carbocycles. The minimum atomic E-state index is -3.36. The van der Waals surface area contributed by atoms with Crippen molar-refractivity contribution in [3.63, 3.8) is 0 Å². The summed E-state index contributed by atoms with van der Waals surface area (Å²) in [5.74, 6) is 0. The highest BCUT2D eigenvalue weighted by Crippen LogP contribution is 2.49. The molecule has 1 fully saturated rings. The lowest BCUT2D eigenvalue weighted by atomic mass is 10.2. The van der Waals surface area contributed by atoms with Crippen molar-refractivity contribution in [3.05, 3.63) is 32.6 Å². The van der Waals surface area contributed by atoms with Crippen LogP contribution >= 0.6 is 7.60 Å². The maximum absolute atomic E-state index is 12.4. The van der Waals surface area contributed by atoms with E-state index in [1.54, 1.807) is 20.8 Å². The van der Waals surface area contributed by atoms with Crippen LogP contribution in [-0.2, 0) is 18.3 Å². The number of hydrogen-bond donors (Lipinski definition) is 2. The topological polar surface area (TPSA) is 120 Å². The zero-order valence-corrected chi connectivity index (χ0v) is 15.5. The zero-order chi connectivity index (χ0) is 18.6. The first-order valence-corrected chi connectivity index (χ1v) is 10.0. The highest BCUT2D eigenvalue weighted by molar-refractivity contribution is 7.53. The van der Waals surface area contributed by atoms with Crippen molar-refractivity contribution < 1.29 is 23.5 Å². The van der Waals surface area contributed by atoms with Crippen LogP contribution in [-0.4, -0.2) is 46.4 Å².